The summed E-state index contributed by atoms with van der Waals surface area (Å²) in [5.41, 5.74) is 0.946. The highest BCUT2D eigenvalue weighted by atomic mass is 16.5. The second-order valence-corrected chi connectivity index (χ2v) is 7.10. The van der Waals surface area contributed by atoms with Gasteiger partial charge in [0.2, 0.25) is 0 Å². The molecule has 1 aromatic carbocycles. The van der Waals surface area contributed by atoms with Crippen molar-refractivity contribution in [1.82, 2.24) is 29.4 Å². The van der Waals surface area contributed by atoms with Gasteiger partial charge in [-0.05, 0) is 30.9 Å². The predicted molar refractivity (Wildman–Crippen MR) is 102 cm³/mol. The van der Waals surface area contributed by atoms with Crippen molar-refractivity contribution < 1.29 is 9.53 Å². The molecule has 1 saturated heterocycles. The normalized spacial score (nSPS) is 15.1. The molecule has 1 fully saturated rings. The van der Waals surface area contributed by atoms with Crippen LogP contribution in [-0.4, -0.2) is 55.6 Å². The third-order valence-electron chi connectivity index (χ3n) is 5.21. The quantitative estimate of drug-likeness (QED) is 0.670. The number of amides is 1. The van der Waals surface area contributed by atoms with E-state index in [9.17, 15) is 9.59 Å². The smallest absolute Gasteiger partial charge is 0.276 e. The lowest BCUT2D eigenvalue weighted by Crippen LogP contribution is -2.40. The first-order valence-corrected chi connectivity index (χ1v) is 9.24. The molecule has 9 nitrogen and oxygen atoms in total. The minimum Gasteiger partial charge on any atom is -0.497 e. The van der Waals surface area contributed by atoms with E-state index in [-0.39, 0.29) is 11.5 Å². The lowest BCUT2D eigenvalue weighted by molar-refractivity contribution is 0.0676. The SMILES string of the molecule is COc1ccc2c(=O)n(CC3CCN(C(=O)c4cn(C)nn4)CC3)cnc2c1. The van der Waals surface area contributed by atoms with Crippen LogP contribution in [0.15, 0.2) is 35.5 Å². The molecule has 0 N–H and O–H groups in total. The van der Waals surface area contributed by atoms with Gasteiger partial charge in [0.1, 0.15) is 5.75 Å². The molecule has 0 spiro atoms. The second kappa shape index (κ2) is 7.41. The molecule has 1 aliphatic rings. The number of nitrogens with zero attached hydrogens (tertiary/aromatic N) is 6. The number of carbonyl (C=O) groups is 1. The number of rotatable bonds is 4. The van der Waals surface area contributed by atoms with Crippen molar-refractivity contribution in [2.45, 2.75) is 19.4 Å². The summed E-state index contributed by atoms with van der Waals surface area (Å²) in [6.07, 6.45) is 4.89. The van der Waals surface area contributed by atoms with Gasteiger partial charge in [0, 0.05) is 32.7 Å². The van der Waals surface area contributed by atoms with E-state index in [2.05, 4.69) is 15.3 Å². The Morgan fingerprint density at radius 1 is 1.29 bits per heavy atom. The van der Waals surface area contributed by atoms with Gasteiger partial charge in [0.25, 0.3) is 11.5 Å². The van der Waals surface area contributed by atoms with Gasteiger partial charge in [-0.3, -0.25) is 18.8 Å². The van der Waals surface area contributed by atoms with Crippen molar-refractivity contribution in [1.29, 1.82) is 0 Å². The van der Waals surface area contributed by atoms with E-state index in [1.807, 2.05) is 0 Å². The van der Waals surface area contributed by atoms with Crippen molar-refractivity contribution in [2.24, 2.45) is 13.0 Å². The van der Waals surface area contributed by atoms with Crippen LogP contribution in [0.2, 0.25) is 0 Å². The number of hydrogen-bond acceptors (Lipinski definition) is 6. The zero-order valence-electron chi connectivity index (χ0n) is 15.9. The number of fused-ring (bicyclic) bond motifs is 1. The first kappa shape index (κ1) is 18.1. The van der Waals surface area contributed by atoms with Gasteiger partial charge in [0.05, 0.1) is 30.5 Å². The van der Waals surface area contributed by atoms with Crippen molar-refractivity contribution >= 4 is 16.8 Å². The molecule has 28 heavy (non-hydrogen) atoms. The van der Waals surface area contributed by atoms with Gasteiger partial charge in [-0.25, -0.2) is 4.98 Å². The maximum Gasteiger partial charge on any atom is 0.276 e. The van der Waals surface area contributed by atoms with Crippen LogP contribution in [0.25, 0.3) is 10.9 Å². The topological polar surface area (TPSA) is 95.1 Å². The minimum absolute atomic E-state index is 0.0503. The minimum atomic E-state index is -0.0926. The van der Waals surface area contributed by atoms with E-state index in [4.69, 9.17) is 4.74 Å². The molecule has 3 aromatic rings. The first-order chi connectivity index (χ1) is 13.5. The van der Waals surface area contributed by atoms with Crippen molar-refractivity contribution in [2.75, 3.05) is 20.2 Å². The number of likely N-dealkylation sites (tertiary alicyclic amines) is 1. The van der Waals surface area contributed by atoms with E-state index >= 15 is 0 Å². The third kappa shape index (κ3) is 3.47. The number of aromatic nitrogens is 5. The van der Waals surface area contributed by atoms with Crippen molar-refractivity contribution in [3.8, 4) is 5.75 Å². The van der Waals surface area contributed by atoms with Crippen molar-refractivity contribution in [3.63, 3.8) is 0 Å². The van der Waals surface area contributed by atoms with Gasteiger partial charge >= 0.3 is 0 Å². The van der Waals surface area contributed by atoms with E-state index in [0.29, 0.717) is 47.9 Å². The number of piperidine rings is 1. The molecule has 0 unspecified atom stereocenters. The summed E-state index contributed by atoms with van der Waals surface area (Å²) in [4.78, 5) is 31.4. The molecule has 0 aliphatic carbocycles. The van der Waals surface area contributed by atoms with Crippen LogP contribution in [0.5, 0.6) is 5.75 Å². The fourth-order valence-corrected chi connectivity index (χ4v) is 3.60. The van der Waals surface area contributed by atoms with Crippen LogP contribution >= 0.6 is 0 Å². The molecule has 0 radical (unpaired) electrons. The number of carbonyl (C=O) groups excluding carboxylic acids is 1. The number of methoxy groups -OCH3 is 1. The zero-order valence-corrected chi connectivity index (χ0v) is 15.9. The summed E-state index contributed by atoms with van der Waals surface area (Å²) in [5, 5.41) is 8.29. The van der Waals surface area contributed by atoms with E-state index in [1.165, 1.54) is 4.68 Å². The number of ether oxygens (including phenoxy) is 1. The molecule has 0 atom stereocenters. The van der Waals surface area contributed by atoms with Crippen molar-refractivity contribution in [3.05, 3.63) is 46.8 Å². The van der Waals surface area contributed by atoms with Crippen LogP contribution in [0.1, 0.15) is 23.3 Å². The number of hydrogen-bond donors (Lipinski definition) is 0. The van der Waals surface area contributed by atoms with Gasteiger partial charge in [-0.15, -0.1) is 5.10 Å². The average Bonchev–Trinajstić information content (AvgIpc) is 3.16. The highest BCUT2D eigenvalue weighted by Crippen LogP contribution is 2.21. The maximum absolute atomic E-state index is 12.8. The summed E-state index contributed by atoms with van der Waals surface area (Å²) in [7, 11) is 3.32. The fraction of sp³-hybridized carbons (Fsp3) is 0.421. The van der Waals surface area contributed by atoms with Gasteiger partial charge in [-0.2, -0.15) is 0 Å². The Morgan fingerprint density at radius 3 is 2.75 bits per heavy atom. The first-order valence-electron chi connectivity index (χ1n) is 9.24. The third-order valence-corrected chi connectivity index (χ3v) is 5.21. The summed E-state index contributed by atoms with van der Waals surface area (Å²) in [6, 6.07) is 5.28. The fourth-order valence-electron chi connectivity index (χ4n) is 3.60. The molecule has 4 rings (SSSR count). The molecule has 2 aromatic heterocycles. The summed E-state index contributed by atoms with van der Waals surface area (Å²) in [5.74, 6) is 0.906. The van der Waals surface area contributed by atoms with E-state index < -0.39 is 0 Å². The number of benzene rings is 1. The molecule has 0 saturated carbocycles. The lowest BCUT2D eigenvalue weighted by atomic mass is 9.96. The van der Waals surface area contributed by atoms with E-state index in [0.717, 1.165) is 12.8 Å². The van der Waals surface area contributed by atoms with Crippen LogP contribution in [-0.2, 0) is 13.6 Å². The summed E-state index contributed by atoms with van der Waals surface area (Å²) in [6.45, 7) is 1.89. The molecule has 3 heterocycles. The molecule has 1 amide bonds. The highest BCUT2D eigenvalue weighted by Gasteiger charge is 2.25. The average molecular weight is 382 g/mol. The van der Waals surface area contributed by atoms with Gasteiger partial charge in [0.15, 0.2) is 5.69 Å². The second-order valence-electron chi connectivity index (χ2n) is 7.10. The van der Waals surface area contributed by atoms with Gasteiger partial charge < -0.3 is 9.64 Å². The molecule has 9 heteroatoms. The Labute approximate surface area is 161 Å². The highest BCUT2D eigenvalue weighted by molar-refractivity contribution is 5.92. The Bertz CT molecular complexity index is 1060. The zero-order chi connectivity index (χ0) is 19.7. The summed E-state index contributed by atoms with van der Waals surface area (Å²) < 4.78 is 8.37. The Morgan fingerprint density at radius 2 is 2.07 bits per heavy atom. The molecule has 1 aliphatic heterocycles. The molecule has 0 bridgehead atoms. The largest absolute Gasteiger partial charge is 0.497 e. The van der Waals surface area contributed by atoms with E-state index in [1.54, 1.807) is 54.3 Å². The van der Waals surface area contributed by atoms with Gasteiger partial charge in [-0.1, -0.05) is 5.21 Å². The molecular weight excluding hydrogens is 360 g/mol. The number of aryl methyl sites for hydroxylation is 1. The van der Waals surface area contributed by atoms with Crippen LogP contribution in [0.3, 0.4) is 0 Å². The monoisotopic (exact) mass is 382 g/mol. The van der Waals surface area contributed by atoms with Crippen LogP contribution in [0, 0.1) is 5.92 Å². The Kier molecular flexibility index (Phi) is 4.81. The summed E-state index contributed by atoms with van der Waals surface area (Å²) >= 11 is 0. The lowest BCUT2D eigenvalue weighted by Gasteiger charge is -2.31. The standard InChI is InChI=1S/C19H22N6O3/c1-23-11-17(21-22-23)19(27)24-7-5-13(6-8-24)10-25-12-20-16-9-14(28-2)3-4-15(16)18(25)26/h3-4,9,11-13H,5-8,10H2,1-2H3. The van der Waals surface area contributed by atoms with Crippen LogP contribution in [0.4, 0.5) is 0 Å². The molecule has 146 valence electrons. The Hall–Kier alpha value is -3.23. The predicted octanol–water partition coefficient (Wildman–Crippen LogP) is 1.09. The Balaban J connectivity index is 1.43. The maximum atomic E-state index is 12.8. The van der Waals surface area contributed by atoms with Crippen LogP contribution < -0.4 is 10.3 Å². The molecular formula is C19H22N6O3.